The molecule has 0 bridgehead atoms. The second-order valence-corrected chi connectivity index (χ2v) is 7.47. The van der Waals surface area contributed by atoms with Crippen LogP contribution in [0.2, 0.25) is 0 Å². The van der Waals surface area contributed by atoms with Crippen molar-refractivity contribution in [1.29, 1.82) is 0 Å². The lowest BCUT2D eigenvalue weighted by molar-refractivity contribution is -0.141. The summed E-state index contributed by atoms with van der Waals surface area (Å²) in [5.74, 6) is 0.271. The summed E-state index contributed by atoms with van der Waals surface area (Å²) >= 11 is 5.39. The number of esters is 1. The summed E-state index contributed by atoms with van der Waals surface area (Å²) < 4.78 is 10.1. The average Bonchev–Trinajstić information content (AvgIpc) is 2.44. The van der Waals surface area contributed by atoms with Crippen molar-refractivity contribution in [1.82, 2.24) is 5.32 Å². The molecule has 1 unspecified atom stereocenters. The first kappa shape index (κ1) is 20.1. The average molecular weight is 348 g/mol. The van der Waals surface area contributed by atoms with Crippen LogP contribution in [0, 0.1) is 5.92 Å². The molecule has 1 amide bonds. The highest BCUT2D eigenvalue weighted by molar-refractivity contribution is 6.17. The zero-order valence-corrected chi connectivity index (χ0v) is 15.3. The Morgan fingerprint density at radius 1 is 1.22 bits per heavy atom. The first-order chi connectivity index (χ1) is 10.8. The smallest absolute Gasteiger partial charge is 0.407 e. The SMILES string of the molecule is CC(C)(C)OC(=O)NC(CCC(=O)OCCl)CC1CCCCC1. The molecular formula is C17H30ClNO4. The predicted molar refractivity (Wildman–Crippen MR) is 90.4 cm³/mol. The van der Waals surface area contributed by atoms with Gasteiger partial charge in [-0.2, -0.15) is 0 Å². The van der Waals surface area contributed by atoms with Gasteiger partial charge in [-0.25, -0.2) is 4.79 Å². The zero-order valence-electron chi connectivity index (χ0n) is 14.5. The number of carbonyl (C=O) groups excluding carboxylic acids is 2. The lowest BCUT2D eigenvalue weighted by Crippen LogP contribution is -2.40. The molecule has 1 saturated carbocycles. The van der Waals surface area contributed by atoms with Crippen molar-refractivity contribution >= 4 is 23.7 Å². The van der Waals surface area contributed by atoms with Crippen molar-refractivity contribution in [2.24, 2.45) is 5.92 Å². The summed E-state index contributed by atoms with van der Waals surface area (Å²) in [4.78, 5) is 23.5. The standard InChI is InChI=1S/C17H30ClNO4/c1-17(2,3)23-16(21)19-14(9-10-15(20)22-12-18)11-13-7-5-4-6-8-13/h13-14H,4-12H2,1-3H3,(H,19,21). The molecule has 0 aliphatic heterocycles. The van der Waals surface area contributed by atoms with Crippen LogP contribution in [-0.2, 0) is 14.3 Å². The lowest BCUT2D eigenvalue weighted by Gasteiger charge is -2.28. The van der Waals surface area contributed by atoms with Crippen LogP contribution in [0.3, 0.4) is 0 Å². The molecule has 0 heterocycles. The van der Waals surface area contributed by atoms with Crippen LogP contribution in [0.25, 0.3) is 0 Å². The molecule has 0 aromatic rings. The molecule has 6 heteroatoms. The highest BCUT2D eigenvalue weighted by Gasteiger charge is 2.24. The normalized spacial score (nSPS) is 17.4. The van der Waals surface area contributed by atoms with Crippen LogP contribution < -0.4 is 5.32 Å². The van der Waals surface area contributed by atoms with Crippen molar-refractivity contribution in [3.05, 3.63) is 0 Å². The third-order valence-corrected chi connectivity index (χ3v) is 4.09. The number of alkyl carbamates (subject to hydrolysis) is 1. The fraction of sp³-hybridized carbons (Fsp3) is 0.882. The number of rotatable bonds is 7. The van der Waals surface area contributed by atoms with Crippen LogP contribution in [0.15, 0.2) is 0 Å². The molecule has 134 valence electrons. The van der Waals surface area contributed by atoms with E-state index in [9.17, 15) is 9.59 Å². The summed E-state index contributed by atoms with van der Waals surface area (Å²) in [6, 6.07) is -0.207. The molecule has 1 N–H and O–H groups in total. The third kappa shape index (κ3) is 9.69. The van der Waals surface area contributed by atoms with E-state index in [1.54, 1.807) is 0 Å². The molecule has 0 spiro atoms. The van der Waals surface area contributed by atoms with Gasteiger partial charge in [-0.3, -0.25) is 4.79 Å². The second kappa shape index (κ2) is 10.0. The van der Waals surface area contributed by atoms with E-state index in [2.05, 4.69) is 5.32 Å². The number of carbonyl (C=O) groups is 2. The van der Waals surface area contributed by atoms with Crippen molar-refractivity contribution in [3.63, 3.8) is 0 Å². The van der Waals surface area contributed by atoms with E-state index < -0.39 is 11.7 Å². The predicted octanol–water partition coefficient (Wildman–Crippen LogP) is 4.37. The van der Waals surface area contributed by atoms with E-state index in [4.69, 9.17) is 21.1 Å². The van der Waals surface area contributed by atoms with Crippen LogP contribution >= 0.6 is 11.6 Å². The number of ether oxygens (including phenoxy) is 2. The number of hydrogen-bond acceptors (Lipinski definition) is 4. The Balaban J connectivity index is 2.52. The summed E-state index contributed by atoms with van der Waals surface area (Å²) in [6.45, 7) is 5.50. The minimum atomic E-state index is -0.531. The van der Waals surface area contributed by atoms with Crippen molar-refractivity contribution in [2.75, 3.05) is 6.07 Å². The summed E-state index contributed by atoms with van der Waals surface area (Å²) in [5.41, 5.74) is -0.531. The molecule has 23 heavy (non-hydrogen) atoms. The Kier molecular flexibility index (Phi) is 8.74. The van der Waals surface area contributed by atoms with Gasteiger partial charge in [0.05, 0.1) is 0 Å². The molecule has 0 radical (unpaired) electrons. The minimum absolute atomic E-state index is 0.0733. The van der Waals surface area contributed by atoms with Gasteiger partial charge < -0.3 is 14.8 Å². The first-order valence-corrected chi connectivity index (χ1v) is 9.04. The van der Waals surface area contributed by atoms with Gasteiger partial charge in [-0.1, -0.05) is 43.7 Å². The van der Waals surface area contributed by atoms with Crippen molar-refractivity contribution in [3.8, 4) is 0 Å². The Hall–Kier alpha value is -0.970. The highest BCUT2D eigenvalue weighted by Crippen LogP contribution is 2.28. The number of amides is 1. The number of halogens is 1. The maximum absolute atomic E-state index is 12.0. The molecule has 1 aliphatic carbocycles. The van der Waals surface area contributed by atoms with E-state index >= 15 is 0 Å². The van der Waals surface area contributed by atoms with Gasteiger partial charge in [-0.15, -0.1) is 0 Å². The second-order valence-electron chi connectivity index (χ2n) is 7.25. The Labute approximate surface area is 144 Å². The number of hydrogen-bond donors (Lipinski definition) is 1. The van der Waals surface area contributed by atoms with Crippen LogP contribution in [0.5, 0.6) is 0 Å². The van der Waals surface area contributed by atoms with E-state index in [-0.39, 0.29) is 24.5 Å². The van der Waals surface area contributed by atoms with E-state index in [0.717, 1.165) is 6.42 Å². The summed E-state index contributed by atoms with van der Waals surface area (Å²) in [5, 5.41) is 2.92. The van der Waals surface area contributed by atoms with Gasteiger partial charge in [-0.05, 0) is 39.5 Å². The fourth-order valence-electron chi connectivity index (χ4n) is 2.97. The zero-order chi connectivity index (χ0) is 17.3. The number of nitrogens with one attached hydrogen (secondary N) is 1. The first-order valence-electron chi connectivity index (χ1n) is 8.51. The maximum Gasteiger partial charge on any atom is 0.407 e. The van der Waals surface area contributed by atoms with Crippen LogP contribution in [-0.4, -0.2) is 29.8 Å². The van der Waals surface area contributed by atoms with Gasteiger partial charge in [0.2, 0.25) is 0 Å². The molecule has 0 aromatic carbocycles. The largest absolute Gasteiger partial charge is 0.449 e. The maximum atomic E-state index is 12.0. The molecular weight excluding hydrogens is 318 g/mol. The fourth-order valence-corrected chi connectivity index (χ4v) is 3.10. The lowest BCUT2D eigenvalue weighted by atomic mass is 9.84. The van der Waals surface area contributed by atoms with Crippen LogP contribution in [0.4, 0.5) is 4.79 Å². The van der Waals surface area contributed by atoms with E-state index in [0.29, 0.717) is 12.3 Å². The van der Waals surface area contributed by atoms with Gasteiger partial charge >= 0.3 is 12.1 Å². The third-order valence-electron chi connectivity index (χ3n) is 3.98. The highest BCUT2D eigenvalue weighted by atomic mass is 35.5. The van der Waals surface area contributed by atoms with Gasteiger partial charge in [0, 0.05) is 12.5 Å². The topological polar surface area (TPSA) is 64.6 Å². The van der Waals surface area contributed by atoms with Crippen molar-refractivity contribution in [2.45, 2.75) is 83.8 Å². The summed E-state index contributed by atoms with van der Waals surface area (Å²) in [7, 11) is 0. The quantitative estimate of drug-likeness (QED) is 0.548. The molecule has 0 aromatic heterocycles. The van der Waals surface area contributed by atoms with Gasteiger partial charge in [0.1, 0.15) is 5.60 Å². The summed E-state index contributed by atoms with van der Waals surface area (Å²) in [6.07, 6.45) is 7.43. The Bertz CT molecular complexity index is 375. The molecule has 1 rings (SSSR count). The minimum Gasteiger partial charge on any atom is -0.449 e. The number of alkyl halides is 1. The van der Waals surface area contributed by atoms with Gasteiger partial charge in [0.15, 0.2) is 6.07 Å². The molecule has 5 nitrogen and oxygen atoms in total. The van der Waals surface area contributed by atoms with Gasteiger partial charge in [0.25, 0.3) is 0 Å². The molecule has 0 saturated heterocycles. The molecule has 1 atom stereocenters. The Morgan fingerprint density at radius 3 is 2.43 bits per heavy atom. The monoisotopic (exact) mass is 347 g/mol. The Morgan fingerprint density at radius 2 is 1.87 bits per heavy atom. The van der Waals surface area contributed by atoms with E-state index in [1.807, 2.05) is 20.8 Å². The van der Waals surface area contributed by atoms with E-state index in [1.165, 1.54) is 32.1 Å². The molecule has 1 aliphatic rings. The molecule has 1 fully saturated rings. The van der Waals surface area contributed by atoms with Crippen molar-refractivity contribution < 1.29 is 19.1 Å². The van der Waals surface area contributed by atoms with Crippen LogP contribution in [0.1, 0.15) is 72.1 Å².